The normalized spacial score (nSPS) is 18.5. The molecule has 1 amide bonds. The van der Waals surface area contributed by atoms with Crippen LogP contribution in [0.15, 0.2) is 70.9 Å². The first kappa shape index (κ1) is 28.9. The van der Waals surface area contributed by atoms with Crippen LogP contribution < -0.4 is 4.90 Å². The van der Waals surface area contributed by atoms with Gasteiger partial charge < -0.3 is 24.7 Å². The summed E-state index contributed by atoms with van der Waals surface area (Å²) in [6, 6.07) is 16.1. The SMILES string of the molecule is CC(=N[C@@H](Cc1ccc(N2CCN(C(=O)OCc3ccccc3)CC2)cc1)C(=O)O)C1=C(O)CC(C)(C)CC1=O. The molecular formula is C31H37N3O6. The summed E-state index contributed by atoms with van der Waals surface area (Å²) in [5.74, 6) is -1.34. The number of carbonyl (C=O) groups is 3. The van der Waals surface area contributed by atoms with Gasteiger partial charge in [0.2, 0.25) is 0 Å². The van der Waals surface area contributed by atoms with Crippen LogP contribution in [0.25, 0.3) is 0 Å². The number of carbonyl (C=O) groups excluding carboxylic acids is 2. The molecule has 212 valence electrons. The summed E-state index contributed by atoms with van der Waals surface area (Å²) in [4.78, 5) is 45.3. The molecule has 9 heteroatoms. The van der Waals surface area contributed by atoms with E-state index in [1.165, 1.54) is 0 Å². The van der Waals surface area contributed by atoms with E-state index in [9.17, 15) is 24.6 Å². The molecule has 0 spiro atoms. The van der Waals surface area contributed by atoms with Gasteiger partial charge in [0.25, 0.3) is 0 Å². The highest BCUT2D eigenvalue weighted by Crippen LogP contribution is 2.36. The Bertz CT molecular complexity index is 1290. The Morgan fingerprint density at radius 2 is 1.62 bits per heavy atom. The Balaban J connectivity index is 1.33. The van der Waals surface area contributed by atoms with Gasteiger partial charge >= 0.3 is 12.1 Å². The van der Waals surface area contributed by atoms with Crippen molar-refractivity contribution in [2.75, 3.05) is 31.1 Å². The zero-order valence-electron chi connectivity index (χ0n) is 23.3. The highest BCUT2D eigenvalue weighted by molar-refractivity contribution is 6.22. The lowest BCUT2D eigenvalue weighted by molar-refractivity contribution is -0.138. The number of nitrogens with zero attached hydrogens (tertiary/aromatic N) is 3. The first-order valence-electron chi connectivity index (χ1n) is 13.5. The molecule has 0 saturated carbocycles. The Labute approximate surface area is 234 Å². The van der Waals surface area contributed by atoms with E-state index in [0.29, 0.717) is 32.6 Å². The molecule has 9 nitrogen and oxygen atoms in total. The van der Waals surface area contributed by atoms with Crippen LogP contribution in [-0.2, 0) is 27.4 Å². The molecule has 0 radical (unpaired) electrons. The summed E-state index contributed by atoms with van der Waals surface area (Å²) in [6.07, 6.45) is 0.462. The average Bonchev–Trinajstić information content (AvgIpc) is 2.91. The average molecular weight is 548 g/mol. The van der Waals surface area contributed by atoms with E-state index in [-0.39, 0.29) is 53.8 Å². The minimum atomic E-state index is -1.10. The van der Waals surface area contributed by atoms with E-state index in [2.05, 4.69) is 9.89 Å². The number of carboxylic acids is 1. The Morgan fingerprint density at radius 3 is 2.23 bits per heavy atom. The molecule has 2 N–H and O–H groups in total. The van der Waals surface area contributed by atoms with E-state index >= 15 is 0 Å². The van der Waals surface area contributed by atoms with Gasteiger partial charge in [0, 0.05) is 56.8 Å². The van der Waals surface area contributed by atoms with E-state index < -0.39 is 12.0 Å². The van der Waals surface area contributed by atoms with E-state index in [0.717, 1.165) is 16.8 Å². The molecule has 1 fully saturated rings. The molecule has 0 aromatic heterocycles. The van der Waals surface area contributed by atoms with Crippen molar-refractivity contribution in [3.8, 4) is 0 Å². The number of hydrogen-bond acceptors (Lipinski definition) is 7. The second-order valence-electron chi connectivity index (χ2n) is 11.2. The summed E-state index contributed by atoms with van der Waals surface area (Å²) >= 11 is 0. The zero-order chi connectivity index (χ0) is 28.9. The van der Waals surface area contributed by atoms with E-state index in [1.807, 2.05) is 68.4 Å². The summed E-state index contributed by atoms with van der Waals surface area (Å²) in [5, 5.41) is 20.3. The molecular weight excluding hydrogens is 510 g/mol. The number of allylic oxidation sites excluding steroid dienone is 2. The predicted octanol–water partition coefficient (Wildman–Crippen LogP) is 4.80. The third kappa shape index (κ3) is 7.28. The van der Waals surface area contributed by atoms with Crippen molar-refractivity contribution in [2.45, 2.75) is 52.7 Å². The van der Waals surface area contributed by atoms with Gasteiger partial charge in [0.05, 0.1) is 5.57 Å². The number of rotatable bonds is 8. The molecule has 1 aliphatic heterocycles. The molecule has 4 rings (SSSR count). The topological polar surface area (TPSA) is 120 Å². The first-order chi connectivity index (χ1) is 19.0. The molecule has 1 heterocycles. The molecule has 1 saturated heterocycles. The Hall–Kier alpha value is -4.14. The van der Waals surface area contributed by atoms with Gasteiger partial charge in [0.15, 0.2) is 11.8 Å². The minimum Gasteiger partial charge on any atom is -0.511 e. The molecule has 1 aliphatic carbocycles. The second kappa shape index (κ2) is 12.4. The maximum atomic E-state index is 12.6. The summed E-state index contributed by atoms with van der Waals surface area (Å²) in [7, 11) is 0. The van der Waals surface area contributed by atoms with Gasteiger partial charge in [0.1, 0.15) is 12.4 Å². The third-order valence-electron chi connectivity index (χ3n) is 7.32. The molecule has 0 unspecified atom stereocenters. The van der Waals surface area contributed by atoms with E-state index in [1.54, 1.807) is 11.8 Å². The molecule has 2 aliphatic rings. The van der Waals surface area contributed by atoms with Crippen molar-refractivity contribution < 1.29 is 29.3 Å². The quantitative estimate of drug-likeness (QED) is 0.456. The van der Waals surface area contributed by atoms with Crippen LogP contribution in [-0.4, -0.2) is 70.9 Å². The highest BCUT2D eigenvalue weighted by atomic mass is 16.6. The fraction of sp³-hybridized carbons (Fsp3) is 0.419. The fourth-order valence-electron chi connectivity index (χ4n) is 5.21. The summed E-state index contributed by atoms with van der Waals surface area (Å²) in [5.41, 5.74) is 2.79. The Kier molecular flexibility index (Phi) is 8.92. The number of aliphatic carboxylic acids is 1. The van der Waals surface area contributed by atoms with Crippen molar-refractivity contribution in [3.05, 3.63) is 77.1 Å². The maximum Gasteiger partial charge on any atom is 0.410 e. The second-order valence-corrected chi connectivity index (χ2v) is 11.2. The van der Waals surface area contributed by atoms with Crippen molar-refractivity contribution in [2.24, 2.45) is 10.4 Å². The number of ketones is 1. The van der Waals surface area contributed by atoms with Gasteiger partial charge in [-0.15, -0.1) is 0 Å². The number of anilines is 1. The largest absolute Gasteiger partial charge is 0.511 e. The lowest BCUT2D eigenvalue weighted by Gasteiger charge is -2.35. The van der Waals surface area contributed by atoms with Gasteiger partial charge in [-0.2, -0.15) is 0 Å². The van der Waals surface area contributed by atoms with Crippen molar-refractivity contribution >= 4 is 29.2 Å². The monoisotopic (exact) mass is 547 g/mol. The number of Topliss-reactive ketones (excluding diaryl/α,β-unsaturated/α-hetero) is 1. The Morgan fingerprint density at radius 1 is 0.975 bits per heavy atom. The number of ether oxygens (including phenoxy) is 1. The molecule has 40 heavy (non-hydrogen) atoms. The van der Waals surface area contributed by atoms with Crippen LogP contribution in [0.3, 0.4) is 0 Å². The number of aliphatic hydroxyl groups excluding tert-OH is 1. The third-order valence-corrected chi connectivity index (χ3v) is 7.32. The summed E-state index contributed by atoms with van der Waals surface area (Å²) < 4.78 is 5.44. The van der Waals surface area contributed by atoms with Crippen LogP contribution in [0.2, 0.25) is 0 Å². The molecule has 1 atom stereocenters. The van der Waals surface area contributed by atoms with Crippen molar-refractivity contribution in [3.63, 3.8) is 0 Å². The number of carboxylic acid groups (broad SMARTS) is 1. The first-order valence-corrected chi connectivity index (χ1v) is 13.5. The fourth-order valence-corrected chi connectivity index (χ4v) is 5.21. The van der Waals surface area contributed by atoms with Crippen LogP contribution in [0.5, 0.6) is 0 Å². The molecule has 2 aromatic carbocycles. The molecule has 0 bridgehead atoms. The minimum absolute atomic E-state index is 0.0273. The standard InChI is InChI=1S/C31H37N3O6/c1-21(28-26(35)18-31(2,3)19-27(28)36)32-25(29(37)38)17-22-9-11-24(12-10-22)33-13-15-34(16-14-33)30(39)40-20-23-7-5-4-6-8-23/h4-12,25,35H,13-20H2,1-3H3,(H,37,38)/t25-/m0/s1. The number of piperazine rings is 1. The van der Waals surface area contributed by atoms with Gasteiger partial charge in [-0.25, -0.2) is 9.59 Å². The number of amides is 1. The van der Waals surface area contributed by atoms with Crippen molar-refractivity contribution in [1.82, 2.24) is 4.90 Å². The lowest BCUT2D eigenvalue weighted by Crippen LogP contribution is -2.48. The zero-order valence-corrected chi connectivity index (χ0v) is 23.3. The summed E-state index contributed by atoms with van der Waals surface area (Å²) in [6.45, 7) is 8.05. The number of hydrogen-bond donors (Lipinski definition) is 2. The maximum absolute atomic E-state index is 12.6. The van der Waals surface area contributed by atoms with Gasteiger partial charge in [-0.1, -0.05) is 56.3 Å². The number of aliphatic hydroxyl groups is 1. The highest BCUT2D eigenvalue weighted by Gasteiger charge is 2.34. The van der Waals surface area contributed by atoms with E-state index in [4.69, 9.17) is 4.74 Å². The smallest absolute Gasteiger partial charge is 0.410 e. The predicted molar refractivity (Wildman–Crippen MR) is 153 cm³/mol. The van der Waals surface area contributed by atoms with Crippen LogP contribution in [0, 0.1) is 5.41 Å². The number of aliphatic imine (C=N–C) groups is 1. The van der Waals surface area contributed by atoms with Gasteiger partial charge in [-0.05, 0) is 35.6 Å². The number of benzene rings is 2. The van der Waals surface area contributed by atoms with Crippen molar-refractivity contribution in [1.29, 1.82) is 0 Å². The van der Waals surface area contributed by atoms with Gasteiger partial charge in [-0.3, -0.25) is 9.79 Å². The molecule has 2 aromatic rings. The van der Waals surface area contributed by atoms with Crippen LogP contribution in [0.1, 0.15) is 44.7 Å². The van der Waals surface area contributed by atoms with Crippen LogP contribution in [0.4, 0.5) is 10.5 Å². The van der Waals surface area contributed by atoms with Crippen LogP contribution >= 0.6 is 0 Å². The lowest BCUT2D eigenvalue weighted by atomic mass is 9.75.